The molecule has 102 valence electrons. The van der Waals surface area contributed by atoms with Gasteiger partial charge in [0.25, 0.3) is 0 Å². The molecular formula is C16H24Cl2. The van der Waals surface area contributed by atoms with E-state index in [1.54, 1.807) is 0 Å². The molecule has 0 fully saturated rings. The van der Waals surface area contributed by atoms with Crippen LogP contribution >= 0.6 is 23.2 Å². The third kappa shape index (κ3) is 5.20. The van der Waals surface area contributed by atoms with Crippen LogP contribution in [0.2, 0.25) is 0 Å². The van der Waals surface area contributed by atoms with Crippen molar-refractivity contribution in [3.63, 3.8) is 0 Å². The number of rotatable bonds is 8. The third-order valence-electron chi connectivity index (χ3n) is 3.48. The van der Waals surface area contributed by atoms with Gasteiger partial charge in [0.1, 0.15) is 0 Å². The smallest absolute Gasteiger partial charge is 0.0294 e. The van der Waals surface area contributed by atoms with Crippen molar-refractivity contribution in [1.29, 1.82) is 0 Å². The maximum atomic E-state index is 6.21. The van der Waals surface area contributed by atoms with Crippen molar-refractivity contribution in [3.8, 4) is 0 Å². The van der Waals surface area contributed by atoms with E-state index in [1.807, 2.05) is 6.07 Å². The SMILES string of the molecule is CC(C)CCCC(CCl)(CCl)Cc1ccccc1. The Hall–Kier alpha value is -0.200. The zero-order valence-corrected chi connectivity index (χ0v) is 13.0. The predicted molar refractivity (Wildman–Crippen MR) is 82.7 cm³/mol. The number of hydrogen-bond acceptors (Lipinski definition) is 0. The molecule has 0 atom stereocenters. The molecule has 1 aromatic rings. The minimum atomic E-state index is 0.0549. The van der Waals surface area contributed by atoms with Crippen LogP contribution in [0.15, 0.2) is 30.3 Å². The number of halogens is 2. The van der Waals surface area contributed by atoms with Gasteiger partial charge in [0.05, 0.1) is 0 Å². The van der Waals surface area contributed by atoms with Crippen molar-refractivity contribution in [2.45, 2.75) is 39.5 Å². The maximum Gasteiger partial charge on any atom is 0.0294 e. The van der Waals surface area contributed by atoms with Crippen molar-refractivity contribution in [2.24, 2.45) is 11.3 Å². The van der Waals surface area contributed by atoms with Crippen LogP contribution in [0, 0.1) is 11.3 Å². The summed E-state index contributed by atoms with van der Waals surface area (Å²) >= 11 is 12.4. The van der Waals surface area contributed by atoms with Crippen LogP contribution in [0.4, 0.5) is 0 Å². The van der Waals surface area contributed by atoms with Crippen LogP contribution < -0.4 is 0 Å². The molecule has 0 bridgehead atoms. The van der Waals surface area contributed by atoms with E-state index in [0.717, 1.165) is 18.8 Å². The highest BCUT2D eigenvalue weighted by molar-refractivity contribution is 6.21. The fourth-order valence-corrected chi connectivity index (χ4v) is 3.01. The van der Waals surface area contributed by atoms with Gasteiger partial charge in [-0.15, -0.1) is 23.2 Å². The van der Waals surface area contributed by atoms with Gasteiger partial charge in [0.2, 0.25) is 0 Å². The van der Waals surface area contributed by atoms with Gasteiger partial charge in [-0.25, -0.2) is 0 Å². The molecule has 0 aliphatic rings. The Kier molecular flexibility index (Phi) is 7.11. The number of alkyl halides is 2. The summed E-state index contributed by atoms with van der Waals surface area (Å²) in [5.41, 5.74) is 1.39. The second-order valence-electron chi connectivity index (χ2n) is 5.72. The van der Waals surface area contributed by atoms with Crippen molar-refractivity contribution >= 4 is 23.2 Å². The fourth-order valence-electron chi connectivity index (χ4n) is 2.27. The molecule has 0 N–H and O–H groups in total. The minimum Gasteiger partial charge on any atom is -0.126 e. The lowest BCUT2D eigenvalue weighted by molar-refractivity contribution is 0.320. The summed E-state index contributed by atoms with van der Waals surface area (Å²) in [7, 11) is 0. The van der Waals surface area contributed by atoms with E-state index in [9.17, 15) is 0 Å². The zero-order chi connectivity index (χ0) is 13.4. The first-order valence-corrected chi connectivity index (χ1v) is 7.84. The second-order valence-corrected chi connectivity index (χ2v) is 6.25. The highest BCUT2D eigenvalue weighted by Crippen LogP contribution is 2.33. The number of benzene rings is 1. The van der Waals surface area contributed by atoms with Crippen molar-refractivity contribution in [3.05, 3.63) is 35.9 Å². The van der Waals surface area contributed by atoms with Crippen LogP contribution in [0.3, 0.4) is 0 Å². The monoisotopic (exact) mass is 286 g/mol. The minimum absolute atomic E-state index is 0.0549. The first-order valence-electron chi connectivity index (χ1n) is 6.78. The van der Waals surface area contributed by atoms with Crippen LogP contribution in [-0.4, -0.2) is 11.8 Å². The van der Waals surface area contributed by atoms with Crippen LogP contribution in [-0.2, 0) is 6.42 Å². The van der Waals surface area contributed by atoms with E-state index in [-0.39, 0.29) is 5.41 Å². The van der Waals surface area contributed by atoms with Crippen LogP contribution in [0.25, 0.3) is 0 Å². The highest BCUT2D eigenvalue weighted by atomic mass is 35.5. The van der Waals surface area contributed by atoms with Crippen molar-refractivity contribution < 1.29 is 0 Å². The summed E-state index contributed by atoms with van der Waals surface area (Å²) in [4.78, 5) is 0. The summed E-state index contributed by atoms with van der Waals surface area (Å²) in [6.45, 7) is 4.53. The molecule has 0 aromatic heterocycles. The molecule has 0 aliphatic carbocycles. The Morgan fingerprint density at radius 3 is 2.17 bits per heavy atom. The molecule has 0 aliphatic heterocycles. The summed E-state index contributed by atoms with van der Waals surface area (Å²) in [5, 5.41) is 0. The lowest BCUT2D eigenvalue weighted by Gasteiger charge is -2.30. The topological polar surface area (TPSA) is 0 Å². The van der Waals surface area contributed by atoms with Crippen molar-refractivity contribution in [1.82, 2.24) is 0 Å². The van der Waals surface area contributed by atoms with Gasteiger partial charge in [-0.1, -0.05) is 57.0 Å². The third-order valence-corrected chi connectivity index (χ3v) is 4.61. The van der Waals surface area contributed by atoms with E-state index in [4.69, 9.17) is 23.2 Å². The fraction of sp³-hybridized carbons (Fsp3) is 0.625. The molecule has 18 heavy (non-hydrogen) atoms. The number of hydrogen-bond donors (Lipinski definition) is 0. The maximum absolute atomic E-state index is 6.21. The van der Waals surface area contributed by atoms with Crippen LogP contribution in [0.5, 0.6) is 0 Å². The average molecular weight is 287 g/mol. The predicted octanol–water partition coefficient (Wildman–Crippen LogP) is 5.52. The molecule has 0 unspecified atom stereocenters. The molecule has 0 spiro atoms. The quantitative estimate of drug-likeness (QED) is 0.552. The summed E-state index contributed by atoms with van der Waals surface area (Å²) in [6, 6.07) is 10.5. The molecule has 0 saturated carbocycles. The summed E-state index contributed by atoms with van der Waals surface area (Å²) < 4.78 is 0. The molecular weight excluding hydrogens is 263 g/mol. The van der Waals surface area contributed by atoms with Gasteiger partial charge in [-0.3, -0.25) is 0 Å². The van der Waals surface area contributed by atoms with Gasteiger partial charge in [0, 0.05) is 17.2 Å². The Morgan fingerprint density at radius 2 is 1.67 bits per heavy atom. The normalized spacial score (nSPS) is 12.1. The van der Waals surface area contributed by atoms with Gasteiger partial charge in [0.15, 0.2) is 0 Å². The Balaban J connectivity index is 2.62. The Morgan fingerprint density at radius 1 is 1.06 bits per heavy atom. The van der Waals surface area contributed by atoms with Gasteiger partial charge in [-0.2, -0.15) is 0 Å². The molecule has 0 radical (unpaired) electrons. The molecule has 2 heteroatoms. The van der Waals surface area contributed by atoms with E-state index < -0.39 is 0 Å². The standard InChI is InChI=1S/C16H24Cl2/c1-14(2)7-6-10-16(12-17,13-18)11-15-8-4-3-5-9-15/h3-5,8-9,14H,6-7,10-13H2,1-2H3. The average Bonchev–Trinajstić information content (AvgIpc) is 2.38. The van der Waals surface area contributed by atoms with Gasteiger partial charge in [-0.05, 0) is 24.3 Å². The lowest BCUT2D eigenvalue weighted by Crippen LogP contribution is -2.28. The Bertz CT molecular complexity index is 315. The lowest BCUT2D eigenvalue weighted by atomic mass is 9.80. The van der Waals surface area contributed by atoms with Gasteiger partial charge < -0.3 is 0 Å². The van der Waals surface area contributed by atoms with E-state index in [2.05, 4.69) is 38.1 Å². The highest BCUT2D eigenvalue weighted by Gasteiger charge is 2.28. The second kappa shape index (κ2) is 8.07. The first kappa shape index (κ1) is 15.9. The molecule has 0 nitrogen and oxygen atoms in total. The van der Waals surface area contributed by atoms with Crippen molar-refractivity contribution in [2.75, 3.05) is 11.8 Å². The molecule has 0 saturated heterocycles. The molecule has 1 aromatic carbocycles. The Labute approximate surface area is 122 Å². The summed E-state index contributed by atoms with van der Waals surface area (Å²) in [5.74, 6) is 2.04. The zero-order valence-electron chi connectivity index (χ0n) is 11.5. The molecule has 0 heterocycles. The van der Waals surface area contributed by atoms with E-state index in [1.165, 1.54) is 18.4 Å². The van der Waals surface area contributed by atoms with Gasteiger partial charge >= 0.3 is 0 Å². The van der Waals surface area contributed by atoms with Crippen LogP contribution in [0.1, 0.15) is 38.7 Å². The van der Waals surface area contributed by atoms with E-state index >= 15 is 0 Å². The first-order chi connectivity index (χ1) is 8.62. The molecule has 1 rings (SSSR count). The summed E-state index contributed by atoms with van der Waals surface area (Å²) in [6.07, 6.45) is 4.57. The van der Waals surface area contributed by atoms with E-state index in [0.29, 0.717) is 11.8 Å². The largest absolute Gasteiger partial charge is 0.126 e. The molecule has 0 amide bonds.